The van der Waals surface area contributed by atoms with Crippen LogP contribution in [0.4, 0.5) is 16.2 Å². The van der Waals surface area contributed by atoms with Gasteiger partial charge in [-0.2, -0.15) is 0 Å². The van der Waals surface area contributed by atoms with E-state index in [1.165, 1.54) is 25.3 Å². The largest absolute Gasteiger partial charge is 0.497 e. The van der Waals surface area contributed by atoms with Crippen LogP contribution in [0.1, 0.15) is 50.4 Å². The normalized spacial score (nSPS) is 19.5. The number of amides is 3. The molecular weight excluding hydrogens is 676 g/mol. The molecule has 13 nitrogen and oxygen atoms in total. The molecule has 3 N–H and O–H groups in total. The van der Waals surface area contributed by atoms with Crippen LogP contribution in [0.5, 0.6) is 17.2 Å². The monoisotopic (exact) mass is 726 g/mol. The number of hydrogen-bond acceptors (Lipinski definition) is 9. The summed E-state index contributed by atoms with van der Waals surface area (Å²) in [4.78, 5) is 30.7. The lowest BCUT2D eigenvalue weighted by Gasteiger charge is -2.35. The number of ether oxygens (including phenoxy) is 4. The maximum Gasteiger partial charge on any atom is 0.321 e. The number of methoxy groups -OCH3 is 2. The number of benzene rings is 3. The number of hydrogen-bond donors (Lipinski definition) is 3. The van der Waals surface area contributed by atoms with E-state index in [-0.39, 0.29) is 53.9 Å². The van der Waals surface area contributed by atoms with Gasteiger partial charge >= 0.3 is 6.03 Å². The summed E-state index contributed by atoms with van der Waals surface area (Å²) in [6.45, 7) is 6.14. The molecule has 3 aromatic rings. The van der Waals surface area contributed by atoms with E-state index in [1.54, 1.807) is 79.4 Å². The second-order valence-electron chi connectivity index (χ2n) is 12.8. The highest BCUT2D eigenvalue weighted by Gasteiger charge is 2.31. The minimum absolute atomic E-state index is 0.0256. The number of fused-ring (bicyclic) bond motifs is 1. The van der Waals surface area contributed by atoms with Crippen molar-refractivity contribution < 1.29 is 42.1 Å². The molecule has 4 rings (SSSR count). The zero-order valence-electron chi connectivity index (χ0n) is 30.1. The van der Waals surface area contributed by atoms with Crippen molar-refractivity contribution in [2.24, 2.45) is 5.92 Å². The summed E-state index contributed by atoms with van der Waals surface area (Å²) in [7, 11) is 0.746. The van der Waals surface area contributed by atoms with Crippen molar-refractivity contribution >= 4 is 33.3 Å². The van der Waals surface area contributed by atoms with Crippen LogP contribution < -0.4 is 24.2 Å². The standard InChI is InChI=1S/C37H50N4O9S/c1-25-22-41(26(2)24-42)36(43)33-21-29(39-51(45,46)32-17-15-31(48-6)16-18-32)12-19-34(33)50-27(3)9-7-8-20-49-35(25)23-40(4)37(44)38-28-10-13-30(47-5)14-11-28/h10-19,21,25-27,35,39,42H,7-9,20,22-24H2,1-6H3,(H,38,44)/t25-,26-,27+,35+/m1/s1. The molecule has 0 radical (unpaired) electrons. The molecule has 1 heterocycles. The lowest BCUT2D eigenvalue weighted by molar-refractivity contribution is -0.0115. The van der Waals surface area contributed by atoms with E-state index in [1.807, 2.05) is 13.8 Å². The van der Waals surface area contributed by atoms with Gasteiger partial charge in [0.2, 0.25) is 0 Å². The highest BCUT2D eigenvalue weighted by atomic mass is 32.2. The number of urea groups is 1. The van der Waals surface area contributed by atoms with Crippen LogP contribution in [-0.4, -0.2) is 101 Å². The van der Waals surface area contributed by atoms with E-state index in [2.05, 4.69) is 10.0 Å². The van der Waals surface area contributed by atoms with Gasteiger partial charge < -0.3 is 39.2 Å². The number of aliphatic hydroxyl groups is 1. The second kappa shape index (κ2) is 18.1. The summed E-state index contributed by atoms with van der Waals surface area (Å²) >= 11 is 0. The Morgan fingerprint density at radius 3 is 2.25 bits per heavy atom. The molecule has 1 aliphatic heterocycles. The van der Waals surface area contributed by atoms with Gasteiger partial charge in [0.1, 0.15) is 17.2 Å². The fourth-order valence-corrected chi connectivity index (χ4v) is 6.71. The molecule has 3 amide bonds. The van der Waals surface area contributed by atoms with Crippen molar-refractivity contribution in [3.63, 3.8) is 0 Å². The Labute approximate surface area is 300 Å². The summed E-state index contributed by atoms with van der Waals surface area (Å²) in [5.74, 6) is 0.775. The molecule has 14 heteroatoms. The summed E-state index contributed by atoms with van der Waals surface area (Å²) in [5.41, 5.74) is 0.933. The summed E-state index contributed by atoms with van der Waals surface area (Å²) in [6, 6.07) is 16.7. The molecular formula is C37H50N4O9S. The molecule has 4 atom stereocenters. The fraction of sp³-hybridized carbons (Fsp3) is 0.459. The van der Waals surface area contributed by atoms with Crippen LogP contribution in [0, 0.1) is 5.92 Å². The fourth-order valence-electron chi connectivity index (χ4n) is 5.66. The predicted molar refractivity (Wildman–Crippen MR) is 195 cm³/mol. The van der Waals surface area contributed by atoms with E-state index in [4.69, 9.17) is 18.9 Å². The minimum Gasteiger partial charge on any atom is -0.497 e. The van der Waals surface area contributed by atoms with E-state index < -0.39 is 28.1 Å². The SMILES string of the molecule is COc1ccc(NC(=O)N(C)C[C@@H]2OCCCC[C@H](C)Oc3ccc(NS(=O)(=O)c4ccc(OC)cc4)cc3C(=O)N([C@H](C)CO)C[C@H]2C)cc1. The number of nitrogens with zero attached hydrogens (tertiary/aromatic N) is 2. The highest BCUT2D eigenvalue weighted by Crippen LogP contribution is 2.30. The summed E-state index contributed by atoms with van der Waals surface area (Å²) in [6.07, 6.45) is 1.54. The third-order valence-electron chi connectivity index (χ3n) is 8.82. The second-order valence-corrected chi connectivity index (χ2v) is 14.5. The number of carbonyl (C=O) groups excluding carboxylic acids is 2. The van der Waals surface area contributed by atoms with Gasteiger partial charge in [-0.25, -0.2) is 13.2 Å². The van der Waals surface area contributed by atoms with Crippen LogP contribution in [0.15, 0.2) is 71.6 Å². The number of sulfonamides is 1. The number of carbonyl (C=O) groups is 2. The molecule has 0 unspecified atom stereocenters. The van der Waals surface area contributed by atoms with E-state index in [9.17, 15) is 23.1 Å². The first-order valence-electron chi connectivity index (χ1n) is 17.0. The predicted octanol–water partition coefficient (Wildman–Crippen LogP) is 5.46. The lowest BCUT2D eigenvalue weighted by Crippen LogP contribution is -2.48. The average molecular weight is 727 g/mol. The Morgan fingerprint density at radius 2 is 1.63 bits per heavy atom. The van der Waals surface area contributed by atoms with Crippen LogP contribution in [0.3, 0.4) is 0 Å². The van der Waals surface area contributed by atoms with E-state index in [0.29, 0.717) is 36.0 Å². The van der Waals surface area contributed by atoms with E-state index in [0.717, 1.165) is 12.8 Å². The zero-order valence-corrected chi connectivity index (χ0v) is 30.9. The molecule has 0 saturated carbocycles. The molecule has 0 spiro atoms. The summed E-state index contributed by atoms with van der Waals surface area (Å²) < 4.78 is 52.1. The maximum atomic E-state index is 14.4. The quantitative estimate of drug-likeness (QED) is 0.247. The van der Waals surface area contributed by atoms with Gasteiger partial charge in [-0.3, -0.25) is 9.52 Å². The smallest absolute Gasteiger partial charge is 0.321 e. The van der Waals surface area contributed by atoms with Gasteiger partial charge in [-0.1, -0.05) is 6.92 Å². The molecule has 1 aliphatic rings. The van der Waals surface area contributed by atoms with Gasteiger partial charge in [0.15, 0.2) is 0 Å². The Kier molecular flexibility index (Phi) is 13.9. The number of nitrogens with one attached hydrogen (secondary N) is 2. The van der Waals surface area contributed by atoms with Crippen molar-refractivity contribution in [3.05, 3.63) is 72.3 Å². The molecule has 3 aromatic carbocycles. The molecule has 0 aromatic heterocycles. The first kappa shape index (κ1) is 39.3. The number of likely N-dealkylation sites (N-methyl/N-ethyl adjacent to an activating group) is 1. The van der Waals surface area contributed by atoms with Crippen molar-refractivity contribution in [3.8, 4) is 17.2 Å². The van der Waals surface area contributed by atoms with Crippen molar-refractivity contribution in [1.29, 1.82) is 0 Å². The molecule has 278 valence electrons. The summed E-state index contributed by atoms with van der Waals surface area (Å²) in [5, 5.41) is 13.1. The van der Waals surface area contributed by atoms with Gasteiger partial charge in [0, 0.05) is 44.0 Å². The first-order chi connectivity index (χ1) is 24.3. The molecule has 0 aliphatic carbocycles. The van der Waals surface area contributed by atoms with Crippen molar-refractivity contribution in [1.82, 2.24) is 9.80 Å². The van der Waals surface area contributed by atoms with Gasteiger partial charge in [-0.15, -0.1) is 0 Å². The molecule has 51 heavy (non-hydrogen) atoms. The average Bonchev–Trinajstić information content (AvgIpc) is 3.12. The first-order valence-corrected chi connectivity index (χ1v) is 18.5. The molecule has 0 fully saturated rings. The van der Waals surface area contributed by atoms with Gasteiger partial charge in [0.05, 0.1) is 49.5 Å². The van der Waals surface area contributed by atoms with Crippen LogP contribution in [0.2, 0.25) is 0 Å². The number of aliphatic hydroxyl groups excluding tert-OH is 1. The Balaban J connectivity index is 1.61. The zero-order chi connectivity index (χ0) is 37.1. The third-order valence-corrected chi connectivity index (χ3v) is 10.2. The van der Waals surface area contributed by atoms with Crippen molar-refractivity contribution in [2.75, 3.05) is 57.6 Å². The van der Waals surface area contributed by atoms with Crippen LogP contribution in [0.25, 0.3) is 0 Å². The van der Waals surface area contributed by atoms with Crippen molar-refractivity contribution in [2.45, 2.75) is 63.2 Å². The molecule has 0 bridgehead atoms. The lowest BCUT2D eigenvalue weighted by atomic mass is 10.0. The van der Waals surface area contributed by atoms with Crippen LogP contribution >= 0.6 is 0 Å². The van der Waals surface area contributed by atoms with Gasteiger partial charge in [0.25, 0.3) is 15.9 Å². The highest BCUT2D eigenvalue weighted by molar-refractivity contribution is 7.92. The number of anilines is 2. The number of rotatable bonds is 10. The topological polar surface area (TPSA) is 156 Å². The van der Waals surface area contributed by atoms with Crippen LogP contribution in [-0.2, 0) is 14.8 Å². The Morgan fingerprint density at radius 1 is 1.00 bits per heavy atom. The van der Waals surface area contributed by atoms with Gasteiger partial charge in [-0.05, 0) is 99.8 Å². The Bertz CT molecular complexity index is 1700. The molecule has 0 saturated heterocycles. The Hall–Kier alpha value is -4.53. The van der Waals surface area contributed by atoms with E-state index >= 15 is 0 Å². The third kappa shape index (κ3) is 10.7. The maximum absolute atomic E-state index is 14.4. The minimum atomic E-state index is -4.01.